The fourth-order valence-corrected chi connectivity index (χ4v) is 1.13. The molecule has 0 saturated carbocycles. The van der Waals surface area contributed by atoms with E-state index in [1.807, 2.05) is 13.8 Å². The van der Waals surface area contributed by atoms with E-state index in [9.17, 15) is 4.39 Å². The van der Waals surface area contributed by atoms with Gasteiger partial charge in [0.1, 0.15) is 5.82 Å². The molecule has 13 heavy (non-hydrogen) atoms. The van der Waals surface area contributed by atoms with Gasteiger partial charge in [-0.3, -0.25) is 0 Å². The smallest absolute Gasteiger partial charge is 0.128 e. The van der Waals surface area contributed by atoms with Crippen LogP contribution in [0.5, 0.6) is 0 Å². The highest BCUT2D eigenvalue weighted by atomic mass is 19.1. The van der Waals surface area contributed by atoms with Gasteiger partial charge in [-0.1, -0.05) is 0 Å². The van der Waals surface area contributed by atoms with E-state index in [4.69, 9.17) is 5.73 Å². The molecule has 1 rings (SSSR count). The molecule has 0 aliphatic rings. The molecule has 0 radical (unpaired) electrons. The molecule has 0 aliphatic heterocycles. The Hall–Kier alpha value is -1.25. The number of benzene rings is 1. The molecule has 0 atom stereocenters. The Morgan fingerprint density at radius 1 is 1.38 bits per heavy atom. The first-order valence-corrected chi connectivity index (χ1v) is 4.33. The second-order valence-electron chi connectivity index (χ2n) is 3.49. The lowest BCUT2D eigenvalue weighted by atomic mass is 10.1. The summed E-state index contributed by atoms with van der Waals surface area (Å²) in [5.41, 5.74) is 7.50. The predicted octanol–water partition coefficient (Wildman–Crippen LogP) is 2.54. The maximum atomic E-state index is 13.0. The van der Waals surface area contributed by atoms with Crippen LogP contribution in [0.15, 0.2) is 12.1 Å². The van der Waals surface area contributed by atoms with Crippen molar-refractivity contribution in [3.63, 3.8) is 0 Å². The zero-order valence-electron chi connectivity index (χ0n) is 8.19. The molecule has 72 valence electrons. The summed E-state index contributed by atoms with van der Waals surface area (Å²) >= 11 is 0. The Morgan fingerprint density at radius 2 is 2.00 bits per heavy atom. The van der Waals surface area contributed by atoms with Crippen molar-refractivity contribution in [2.75, 3.05) is 11.1 Å². The molecule has 0 spiro atoms. The van der Waals surface area contributed by atoms with Gasteiger partial charge < -0.3 is 11.1 Å². The zero-order valence-corrected chi connectivity index (χ0v) is 8.19. The minimum Gasteiger partial charge on any atom is -0.397 e. The Morgan fingerprint density at radius 3 is 2.54 bits per heavy atom. The van der Waals surface area contributed by atoms with Gasteiger partial charge in [-0.2, -0.15) is 0 Å². The lowest BCUT2D eigenvalue weighted by Crippen LogP contribution is -2.11. The fraction of sp³-hybridized carbons (Fsp3) is 0.400. The van der Waals surface area contributed by atoms with Crippen molar-refractivity contribution in [2.24, 2.45) is 0 Å². The highest BCUT2D eigenvalue weighted by Crippen LogP contribution is 2.22. The SMILES string of the molecule is Cc1cc(NC(C)C)c(N)cc1F. The molecular formula is C10H15FN2. The summed E-state index contributed by atoms with van der Waals surface area (Å²) in [6.07, 6.45) is 0. The third-order valence-electron chi connectivity index (χ3n) is 1.77. The van der Waals surface area contributed by atoms with Crippen molar-refractivity contribution in [1.29, 1.82) is 0 Å². The summed E-state index contributed by atoms with van der Waals surface area (Å²) < 4.78 is 13.0. The molecule has 0 fully saturated rings. The maximum Gasteiger partial charge on any atom is 0.128 e. The van der Waals surface area contributed by atoms with E-state index in [1.54, 1.807) is 13.0 Å². The van der Waals surface area contributed by atoms with Gasteiger partial charge in [0.2, 0.25) is 0 Å². The molecule has 0 aliphatic carbocycles. The average Bonchev–Trinajstić information content (AvgIpc) is 1.99. The minimum atomic E-state index is -0.258. The first kappa shape index (κ1) is 9.84. The Kier molecular flexibility index (Phi) is 2.76. The Labute approximate surface area is 77.9 Å². The van der Waals surface area contributed by atoms with Crippen molar-refractivity contribution in [2.45, 2.75) is 26.8 Å². The minimum absolute atomic E-state index is 0.258. The van der Waals surface area contributed by atoms with Gasteiger partial charge in [0.05, 0.1) is 11.4 Å². The highest BCUT2D eigenvalue weighted by molar-refractivity contribution is 5.67. The number of anilines is 2. The number of halogens is 1. The van der Waals surface area contributed by atoms with E-state index in [-0.39, 0.29) is 5.82 Å². The van der Waals surface area contributed by atoms with Gasteiger partial charge >= 0.3 is 0 Å². The van der Waals surface area contributed by atoms with Gasteiger partial charge in [-0.05, 0) is 38.5 Å². The number of nitrogens with two attached hydrogens (primary N) is 1. The number of rotatable bonds is 2. The summed E-state index contributed by atoms with van der Waals surface area (Å²) in [5.74, 6) is -0.258. The third kappa shape index (κ3) is 2.34. The van der Waals surface area contributed by atoms with Gasteiger partial charge in [0.25, 0.3) is 0 Å². The predicted molar refractivity (Wildman–Crippen MR) is 54.3 cm³/mol. The summed E-state index contributed by atoms with van der Waals surface area (Å²) in [4.78, 5) is 0. The largest absolute Gasteiger partial charge is 0.397 e. The quantitative estimate of drug-likeness (QED) is 0.690. The summed E-state index contributed by atoms with van der Waals surface area (Å²) in [6.45, 7) is 5.75. The number of hydrogen-bond acceptors (Lipinski definition) is 2. The third-order valence-corrected chi connectivity index (χ3v) is 1.77. The molecule has 3 N–H and O–H groups in total. The van der Waals surface area contributed by atoms with Crippen LogP contribution in [-0.4, -0.2) is 6.04 Å². The summed E-state index contributed by atoms with van der Waals surface area (Å²) in [6, 6.07) is 3.37. The summed E-state index contributed by atoms with van der Waals surface area (Å²) in [7, 11) is 0. The first-order valence-electron chi connectivity index (χ1n) is 4.33. The fourth-order valence-electron chi connectivity index (χ4n) is 1.13. The molecule has 0 bridgehead atoms. The Balaban J connectivity index is 3.01. The molecule has 3 heteroatoms. The van der Waals surface area contributed by atoms with Crippen LogP contribution in [0.2, 0.25) is 0 Å². The number of nitrogen functional groups attached to an aromatic ring is 1. The molecule has 0 saturated heterocycles. The van der Waals surface area contributed by atoms with Crippen molar-refractivity contribution < 1.29 is 4.39 Å². The van der Waals surface area contributed by atoms with Crippen LogP contribution in [0.3, 0.4) is 0 Å². The van der Waals surface area contributed by atoms with Crippen molar-refractivity contribution in [1.82, 2.24) is 0 Å². The molecule has 0 unspecified atom stereocenters. The topological polar surface area (TPSA) is 38.0 Å². The van der Waals surface area contributed by atoms with E-state index < -0.39 is 0 Å². The van der Waals surface area contributed by atoms with Gasteiger partial charge in [0, 0.05) is 6.04 Å². The zero-order chi connectivity index (χ0) is 10.0. The number of aryl methyl sites for hydroxylation is 1. The van der Waals surface area contributed by atoms with Gasteiger partial charge in [-0.25, -0.2) is 4.39 Å². The van der Waals surface area contributed by atoms with Crippen LogP contribution in [-0.2, 0) is 0 Å². The van der Waals surface area contributed by atoms with Crippen LogP contribution in [0.4, 0.5) is 15.8 Å². The van der Waals surface area contributed by atoms with Crippen LogP contribution in [0.1, 0.15) is 19.4 Å². The second-order valence-corrected chi connectivity index (χ2v) is 3.49. The van der Waals surface area contributed by atoms with Gasteiger partial charge in [-0.15, -0.1) is 0 Å². The monoisotopic (exact) mass is 182 g/mol. The maximum absolute atomic E-state index is 13.0. The van der Waals surface area contributed by atoms with E-state index in [1.165, 1.54) is 6.07 Å². The van der Waals surface area contributed by atoms with E-state index >= 15 is 0 Å². The summed E-state index contributed by atoms with van der Waals surface area (Å²) in [5, 5.41) is 3.15. The van der Waals surface area contributed by atoms with Gasteiger partial charge in [0.15, 0.2) is 0 Å². The standard InChI is InChI=1S/C10H15FN2/c1-6(2)13-10-4-7(3)8(11)5-9(10)12/h4-6,13H,12H2,1-3H3. The second kappa shape index (κ2) is 3.64. The molecule has 0 amide bonds. The molecule has 0 heterocycles. The van der Waals surface area contributed by atoms with E-state index in [2.05, 4.69) is 5.32 Å². The average molecular weight is 182 g/mol. The van der Waals surface area contributed by atoms with E-state index in [0.717, 1.165) is 5.69 Å². The molecule has 1 aromatic carbocycles. The molecule has 0 aromatic heterocycles. The van der Waals surface area contributed by atoms with Crippen LogP contribution in [0, 0.1) is 12.7 Å². The van der Waals surface area contributed by atoms with Crippen molar-refractivity contribution >= 4 is 11.4 Å². The molecule has 2 nitrogen and oxygen atoms in total. The van der Waals surface area contributed by atoms with E-state index in [0.29, 0.717) is 17.3 Å². The highest BCUT2D eigenvalue weighted by Gasteiger charge is 2.04. The van der Waals surface area contributed by atoms with Crippen LogP contribution >= 0.6 is 0 Å². The van der Waals surface area contributed by atoms with Crippen molar-refractivity contribution in [3.05, 3.63) is 23.5 Å². The van der Waals surface area contributed by atoms with Crippen molar-refractivity contribution in [3.8, 4) is 0 Å². The first-order chi connectivity index (χ1) is 6.00. The normalized spacial score (nSPS) is 10.5. The molecular weight excluding hydrogens is 167 g/mol. The van der Waals surface area contributed by atoms with Crippen LogP contribution in [0.25, 0.3) is 0 Å². The lowest BCUT2D eigenvalue weighted by molar-refractivity contribution is 0.619. The number of hydrogen-bond donors (Lipinski definition) is 2. The molecule has 1 aromatic rings. The number of nitrogens with one attached hydrogen (secondary N) is 1. The lowest BCUT2D eigenvalue weighted by Gasteiger charge is -2.13. The van der Waals surface area contributed by atoms with Crippen LogP contribution < -0.4 is 11.1 Å². The Bertz CT molecular complexity index is 308.